The number of β-amino-alcohol motifs (C(OH)–C–C–N with tert-alkyl or cyclic N) is 1. The fourth-order valence-corrected chi connectivity index (χ4v) is 2.42. The van der Waals surface area contributed by atoms with Gasteiger partial charge in [-0.05, 0) is 12.8 Å². The second-order valence-electron chi connectivity index (χ2n) is 3.11. The molecule has 1 saturated heterocycles. The van der Waals surface area contributed by atoms with Crippen LogP contribution in [-0.2, 0) is 4.74 Å². The first-order chi connectivity index (χ1) is 5.16. The summed E-state index contributed by atoms with van der Waals surface area (Å²) in [6.07, 6.45) is 1.92. The van der Waals surface area contributed by atoms with E-state index in [0.717, 1.165) is 25.9 Å². The van der Waals surface area contributed by atoms with Gasteiger partial charge in [0.05, 0.1) is 6.61 Å². The number of hydrogen-bond donors (Lipinski definition) is 1. The zero-order chi connectivity index (χ0) is 8.32. The molecule has 1 N–H and O–H groups in total. The monoisotopic (exact) mass is 271 g/mol. The zero-order valence-corrected chi connectivity index (χ0v) is 8.87. The van der Waals surface area contributed by atoms with Gasteiger partial charge < -0.3 is 9.84 Å². The maximum Gasteiger partial charge on any atom is 0.101 e. The maximum absolute atomic E-state index is 9.87. The van der Waals surface area contributed by atoms with Crippen LogP contribution in [0.2, 0.25) is 0 Å². The van der Waals surface area contributed by atoms with E-state index in [1.165, 1.54) is 0 Å². The molecule has 66 valence electrons. The summed E-state index contributed by atoms with van der Waals surface area (Å²) in [4.78, 5) is 0. The Kier molecular flexibility index (Phi) is 3.54. The number of nitrogens with zero attached hydrogens (tertiary/aromatic N) is 1. The summed E-state index contributed by atoms with van der Waals surface area (Å²) in [5, 5.41) is 9.87. The van der Waals surface area contributed by atoms with E-state index in [2.05, 4.69) is 26.0 Å². The molecule has 0 saturated carbocycles. The second-order valence-corrected chi connectivity index (χ2v) is 4.47. The highest BCUT2D eigenvalue weighted by molar-refractivity contribution is 14.1. The normalized spacial score (nSPS) is 34.1. The zero-order valence-electron chi connectivity index (χ0n) is 6.72. The van der Waals surface area contributed by atoms with E-state index in [1.807, 2.05) is 0 Å². The molecule has 3 nitrogen and oxygen atoms in total. The summed E-state index contributed by atoms with van der Waals surface area (Å²) in [6.45, 7) is 2.25. The van der Waals surface area contributed by atoms with Gasteiger partial charge in [0.2, 0.25) is 0 Å². The third-order valence-electron chi connectivity index (χ3n) is 1.92. The number of methoxy groups -OCH3 is 1. The maximum atomic E-state index is 9.87. The lowest BCUT2D eigenvalue weighted by atomic mass is 9.95. The van der Waals surface area contributed by atoms with Crippen molar-refractivity contribution in [1.29, 1.82) is 0 Å². The van der Waals surface area contributed by atoms with Crippen LogP contribution in [0.3, 0.4) is 0 Å². The average molecular weight is 271 g/mol. The second kappa shape index (κ2) is 4.02. The van der Waals surface area contributed by atoms with E-state index in [4.69, 9.17) is 4.74 Å². The summed E-state index contributed by atoms with van der Waals surface area (Å²) < 4.78 is 7.06. The SMILES string of the molecule is COCC1(O)CCCN(I)C1. The van der Waals surface area contributed by atoms with E-state index in [9.17, 15) is 5.11 Å². The molecule has 0 aromatic heterocycles. The molecule has 0 spiro atoms. The summed E-state index contributed by atoms with van der Waals surface area (Å²) in [5.74, 6) is 0. The van der Waals surface area contributed by atoms with Crippen molar-refractivity contribution in [1.82, 2.24) is 3.11 Å². The molecule has 1 rings (SSSR count). The first-order valence-corrected chi connectivity index (χ1v) is 4.75. The van der Waals surface area contributed by atoms with Gasteiger partial charge in [0.15, 0.2) is 0 Å². The number of hydrogen-bond acceptors (Lipinski definition) is 3. The Morgan fingerprint density at radius 3 is 3.00 bits per heavy atom. The van der Waals surface area contributed by atoms with E-state index < -0.39 is 5.60 Å². The lowest BCUT2D eigenvalue weighted by Crippen LogP contribution is -2.47. The highest BCUT2D eigenvalue weighted by atomic mass is 127. The van der Waals surface area contributed by atoms with Crippen LogP contribution in [-0.4, -0.2) is 40.6 Å². The number of halogens is 1. The minimum atomic E-state index is -0.603. The third kappa shape index (κ3) is 2.85. The first kappa shape index (κ1) is 9.70. The molecule has 0 radical (unpaired) electrons. The van der Waals surface area contributed by atoms with Gasteiger partial charge in [0, 0.05) is 43.1 Å². The molecule has 1 atom stereocenters. The molecule has 4 heteroatoms. The van der Waals surface area contributed by atoms with Crippen LogP contribution in [0.15, 0.2) is 0 Å². The topological polar surface area (TPSA) is 32.7 Å². The van der Waals surface area contributed by atoms with Crippen molar-refractivity contribution < 1.29 is 9.84 Å². The minimum Gasteiger partial charge on any atom is -0.386 e. The summed E-state index contributed by atoms with van der Waals surface area (Å²) in [7, 11) is 1.63. The molecule has 1 heterocycles. The van der Waals surface area contributed by atoms with Crippen molar-refractivity contribution >= 4 is 22.9 Å². The molecule has 1 fully saturated rings. The van der Waals surface area contributed by atoms with Gasteiger partial charge in [-0.2, -0.15) is 0 Å². The Hall–Kier alpha value is 0.610. The van der Waals surface area contributed by atoms with Crippen molar-refractivity contribution in [3.05, 3.63) is 0 Å². The molecule has 11 heavy (non-hydrogen) atoms. The Bertz CT molecular complexity index is 130. The number of rotatable bonds is 2. The summed E-state index contributed by atoms with van der Waals surface area (Å²) >= 11 is 2.24. The smallest absolute Gasteiger partial charge is 0.101 e. The van der Waals surface area contributed by atoms with Crippen molar-refractivity contribution in [2.75, 3.05) is 26.8 Å². The van der Waals surface area contributed by atoms with Gasteiger partial charge in [0.25, 0.3) is 0 Å². The standard InChI is InChI=1S/C7H14INO2/c1-11-6-7(10)3-2-4-9(8)5-7/h10H,2-6H2,1H3. The van der Waals surface area contributed by atoms with E-state index in [-0.39, 0.29) is 0 Å². The average Bonchev–Trinajstić information content (AvgIpc) is 1.86. The molecule has 0 bridgehead atoms. The highest BCUT2D eigenvalue weighted by Crippen LogP contribution is 2.23. The number of piperidine rings is 1. The molecule has 0 amide bonds. The van der Waals surface area contributed by atoms with Crippen molar-refractivity contribution in [2.45, 2.75) is 18.4 Å². The fraction of sp³-hybridized carbons (Fsp3) is 1.00. The predicted molar refractivity (Wildman–Crippen MR) is 51.7 cm³/mol. The quantitative estimate of drug-likeness (QED) is 0.596. The lowest BCUT2D eigenvalue weighted by Gasteiger charge is -2.35. The van der Waals surface area contributed by atoms with E-state index in [1.54, 1.807) is 7.11 Å². The van der Waals surface area contributed by atoms with Crippen molar-refractivity contribution in [3.63, 3.8) is 0 Å². The molecular weight excluding hydrogens is 257 g/mol. The van der Waals surface area contributed by atoms with Crippen LogP contribution in [0.25, 0.3) is 0 Å². The molecule has 1 unspecified atom stereocenters. The molecule has 0 aromatic carbocycles. The highest BCUT2D eigenvalue weighted by Gasteiger charge is 2.32. The molecule has 0 aromatic rings. The van der Waals surface area contributed by atoms with Crippen LogP contribution >= 0.6 is 22.9 Å². The van der Waals surface area contributed by atoms with Crippen LogP contribution in [0.1, 0.15) is 12.8 Å². The van der Waals surface area contributed by atoms with Gasteiger partial charge in [-0.1, -0.05) is 0 Å². The Morgan fingerprint density at radius 1 is 1.73 bits per heavy atom. The van der Waals surface area contributed by atoms with Gasteiger partial charge in [-0.25, -0.2) is 3.11 Å². The summed E-state index contributed by atoms with van der Waals surface area (Å²) in [6, 6.07) is 0. The third-order valence-corrected chi connectivity index (χ3v) is 2.75. The van der Waals surface area contributed by atoms with Crippen LogP contribution in [0.5, 0.6) is 0 Å². The van der Waals surface area contributed by atoms with Gasteiger partial charge >= 0.3 is 0 Å². The number of ether oxygens (including phenoxy) is 1. The Balaban J connectivity index is 2.41. The Labute approximate surface area is 81.2 Å². The van der Waals surface area contributed by atoms with Crippen molar-refractivity contribution in [3.8, 4) is 0 Å². The first-order valence-electron chi connectivity index (χ1n) is 3.78. The summed E-state index contributed by atoms with van der Waals surface area (Å²) in [5.41, 5.74) is -0.603. The van der Waals surface area contributed by atoms with Gasteiger partial charge in [0.1, 0.15) is 5.60 Å². The van der Waals surface area contributed by atoms with Gasteiger partial charge in [-0.15, -0.1) is 0 Å². The molecule has 1 aliphatic rings. The number of aliphatic hydroxyl groups is 1. The fourth-order valence-electron chi connectivity index (χ4n) is 1.44. The largest absolute Gasteiger partial charge is 0.386 e. The molecular formula is C7H14INO2. The van der Waals surface area contributed by atoms with E-state index >= 15 is 0 Å². The van der Waals surface area contributed by atoms with E-state index in [0.29, 0.717) is 6.61 Å². The van der Waals surface area contributed by atoms with Gasteiger partial charge in [-0.3, -0.25) is 0 Å². The Morgan fingerprint density at radius 2 is 2.45 bits per heavy atom. The molecule has 1 aliphatic heterocycles. The van der Waals surface area contributed by atoms with Crippen LogP contribution in [0.4, 0.5) is 0 Å². The minimum absolute atomic E-state index is 0.451. The lowest BCUT2D eigenvalue weighted by molar-refractivity contribution is -0.0577. The van der Waals surface area contributed by atoms with Crippen LogP contribution < -0.4 is 0 Å². The van der Waals surface area contributed by atoms with Crippen LogP contribution in [0, 0.1) is 0 Å². The van der Waals surface area contributed by atoms with Crippen molar-refractivity contribution in [2.24, 2.45) is 0 Å². The predicted octanol–water partition coefficient (Wildman–Crippen LogP) is 0.810. The molecule has 0 aliphatic carbocycles.